The van der Waals surface area contributed by atoms with Crippen LogP contribution in [0.5, 0.6) is 11.8 Å². The predicted molar refractivity (Wildman–Crippen MR) is 96.4 cm³/mol. The van der Waals surface area contributed by atoms with Crippen LogP contribution in [0.15, 0.2) is 52.5 Å². The number of hydrogen-bond acceptors (Lipinski definition) is 6. The molecular formula is C18H17F3N4O2. The van der Waals surface area contributed by atoms with Crippen LogP contribution in [0.2, 0.25) is 0 Å². The number of halogens is 3. The maximum atomic E-state index is 12.2. The molecule has 9 heteroatoms. The van der Waals surface area contributed by atoms with Crippen molar-refractivity contribution in [2.75, 3.05) is 14.2 Å². The van der Waals surface area contributed by atoms with E-state index in [4.69, 9.17) is 9.47 Å². The highest BCUT2D eigenvalue weighted by Crippen LogP contribution is 2.34. The summed E-state index contributed by atoms with van der Waals surface area (Å²) >= 11 is 0. The van der Waals surface area contributed by atoms with Crippen molar-refractivity contribution in [3.63, 3.8) is 0 Å². The topological polar surface area (TPSA) is 69.0 Å². The molecule has 0 aliphatic rings. The van der Waals surface area contributed by atoms with Gasteiger partial charge in [-0.05, 0) is 30.7 Å². The molecule has 2 aromatic rings. The van der Waals surface area contributed by atoms with Crippen LogP contribution in [0.4, 0.5) is 13.2 Å². The zero-order valence-electron chi connectivity index (χ0n) is 14.9. The van der Waals surface area contributed by atoms with Crippen molar-refractivity contribution in [3.05, 3.63) is 48.1 Å². The summed E-state index contributed by atoms with van der Waals surface area (Å²) in [5.41, 5.74) is 2.08. The Morgan fingerprint density at radius 1 is 1.19 bits per heavy atom. The maximum absolute atomic E-state index is 12.2. The molecule has 2 aromatic heterocycles. The largest absolute Gasteiger partial charge is 0.481 e. The van der Waals surface area contributed by atoms with Crippen LogP contribution < -0.4 is 9.47 Å². The van der Waals surface area contributed by atoms with Gasteiger partial charge in [-0.25, -0.2) is 9.97 Å². The van der Waals surface area contributed by atoms with Crippen LogP contribution in [0, 0.1) is 6.92 Å². The molecule has 6 nitrogen and oxygen atoms in total. The number of nitrogens with zero attached hydrogens (tertiary/aromatic N) is 4. The van der Waals surface area contributed by atoms with E-state index in [0.717, 1.165) is 11.8 Å². The van der Waals surface area contributed by atoms with E-state index in [9.17, 15) is 13.2 Å². The minimum Gasteiger partial charge on any atom is -0.481 e. The number of methoxy groups -OCH3 is 1. The number of allylic oxidation sites excluding steroid dienone is 1. The molecule has 0 N–H and O–H groups in total. The van der Waals surface area contributed by atoms with Gasteiger partial charge in [0, 0.05) is 30.6 Å². The number of aryl methyl sites for hydroxylation is 1. The summed E-state index contributed by atoms with van der Waals surface area (Å²) < 4.78 is 47.6. The van der Waals surface area contributed by atoms with Crippen molar-refractivity contribution >= 4 is 12.4 Å². The lowest BCUT2D eigenvalue weighted by Crippen LogP contribution is -2.08. The standard InChI is InChI=1S/C18H17F3N4O2/c1-12-7-15(16(26-3)25-8-12)14-5-4-6-24-17(14)27-13(9-22-2)10-23-11-18(19,20)21/h4-11H,1-3H3/b13-10+,22-9-,23-11+. The Morgan fingerprint density at radius 2 is 1.96 bits per heavy atom. The van der Waals surface area contributed by atoms with E-state index in [1.807, 2.05) is 13.0 Å². The first-order valence-electron chi connectivity index (χ1n) is 7.71. The van der Waals surface area contributed by atoms with Gasteiger partial charge in [-0.1, -0.05) is 0 Å². The molecule has 2 heterocycles. The van der Waals surface area contributed by atoms with E-state index < -0.39 is 6.18 Å². The van der Waals surface area contributed by atoms with Gasteiger partial charge in [0.05, 0.1) is 19.5 Å². The maximum Gasteiger partial charge on any atom is 0.426 e. The first-order valence-corrected chi connectivity index (χ1v) is 7.71. The number of rotatable bonds is 6. The Labute approximate surface area is 154 Å². The molecule has 0 bridgehead atoms. The number of aromatic nitrogens is 2. The van der Waals surface area contributed by atoms with Gasteiger partial charge in [0.25, 0.3) is 0 Å². The SMILES string of the molecule is C\N=C/C(=C\N=C\C(F)(F)F)Oc1ncccc1-c1cc(C)cnc1OC. The monoisotopic (exact) mass is 378 g/mol. The average Bonchev–Trinajstić information content (AvgIpc) is 2.61. The van der Waals surface area contributed by atoms with Crippen LogP contribution in [0.3, 0.4) is 0 Å². The molecule has 0 aromatic carbocycles. The van der Waals surface area contributed by atoms with Crippen molar-refractivity contribution in [2.45, 2.75) is 13.1 Å². The second-order valence-corrected chi connectivity index (χ2v) is 5.27. The molecule has 0 aliphatic carbocycles. The van der Waals surface area contributed by atoms with Crippen molar-refractivity contribution in [1.29, 1.82) is 0 Å². The van der Waals surface area contributed by atoms with E-state index in [1.165, 1.54) is 26.6 Å². The van der Waals surface area contributed by atoms with Crippen LogP contribution in [0.25, 0.3) is 11.1 Å². The van der Waals surface area contributed by atoms with Crippen molar-refractivity contribution in [1.82, 2.24) is 9.97 Å². The Bertz CT molecular complexity index is 877. The van der Waals surface area contributed by atoms with Gasteiger partial charge >= 0.3 is 6.18 Å². The highest BCUT2D eigenvalue weighted by molar-refractivity contribution is 5.79. The highest BCUT2D eigenvalue weighted by Gasteiger charge is 2.23. The zero-order valence-corrected chi connectivity index (χ0v) is 14.9. The van der Waals surface area contributed by atoms with Gasteiger partial charge in [0.2, 0.25) is 11.8 Å². The average molecular weight is 378 g/mol. The van der Waals surface area contributed by atoms with Crippen LogP contribution in [-0.4, -0.2) is 42.7 Å². The first kappa shape index (κ1) is 20.1. The smallest absolute Gasteiger partial charge is 0.426 e. The fraction of sp³-hybridized carbons (Fsp3) is 0.222. The molecule has 2 rings (SSSR count). The predicted octanol–water partition coefficient (Wildman–Crippen LogP) is 4.01. The molecular weight excluding hydrogens is 361 g/mol. The number of hydrogen-bond donors (Lipinski definition) is 0. The molecule has 27 heavy (non-hydrogen) atoms. The summed E-state index contributed by atoms with van der Waals surface area (Å²) in [5, 5.41) is 0. The molecule has 142 valence electrons. The van der Waals surface area contributed by atoms with Crippen molar-refractivity contribution < 1.29 is 22.6 Å². The lowest BCUT2D eigenvalue weighted by atomic mass is 10.1. The van der Waals surface area contributed by atoms with Gasteiger partial charge in [0.1, 0.15) is 6.21 Å². The van der Waals surface area contributed by atoms with E-state index >= 15 is 0 Å². The lowest BCUT2D eigenvalue weighted by Gasteiger charge is -2.12. The molecule has 0 fully saturated rings. The zero-order chi connectivity index (χ0) is 19.9. The van der Waals surface area contributed by atoms with Crippen molar-refractivity contribution in [2.24, 2.45) is 9.98 Å². The quantitative estimate of drug-likeness (QED) is 0.563. The Kier molecular flexibility index (Phi) is 6.64. The third kappa shape index (κ3) is 5.91. The summed E-state index contributed by atoms with van der Waals surface area (Å²) in [6, 6.07) is 5.28. The summed E-state index contributed by atoms with van der Waals surface area (Å²) in [4.78, 5) is 15.3. The minimum absolute atomic E-state index is 0.0162. The lowest BCUT2D eigenvalue weighted by molar-refractivity contribution is -0.0535. The van der Waals surface area contributed by atoms with E-state index in [0.29, 0.717) is 17.0 Å². The first-order chi connectivity index (χ1) is 12.8. The third-order valence-corrected chi connectivity index (χ3v) is 3.14. The van der Waals surface area contributed by atoms with E-state index in [1.54, 1.807) is 18.3 Å². The fourth-order valence-electron chi connectivity index (χ4n) is 2.11. The summed E-state index contributed by atoms with van der Waals surface area (Å²) in [5.74, 6) is 0.498. The normalized spacial score (nSPS) is 12.7. The van der Waals surface area contributed by atoms with E-state index in [-0.39, 0.29) is 17.9 Å². The molecule has 0 atom stereocenters. The molecule has 0 radical (unpaired) electrons. The minimum atomic E-state index is -4.53. The molecule has 0 spiro atoms. The van der Waals surface area contributed by atoms with Crippen molar-refractivity contribution in [3.8, 4) is 22.9 Å². The van der Waals surface area contributed by atoms with Gasteiger partial charge < -0.3 is 9.47 Å². The van der Waals surface area contributed by atoms with Gasteiger partial charge in [-0.15, -0.1) is 0 Å². The molecule has 0 aliphatic heterocycles. The third-order valence-electron chi connectivity index (χ3n) is 3.14. The van der Waals surface area contributed by atoms with Gasteiger partial charge in [0.15, 0.2) is 5.76 Å². The number of alkyl halides is 3. The second-order valence-electron chi connectivity index (χ2n) is 5.27. The second kappa shape index (κ2) is 8.93. The molecule has 0 unspecified atom stereocenters. The van der Waals surface area contributed by atoms with E-state index in [2.05, 4.69) is 20.0 Å². The Morgan fingerprint density at radius 3 is 2.63 bits per heavy atom. The number of ether oxygens (including phenoxy) is 2. The van der Waals surface area contributed by atoms with Crippen LogP contribution >= 0.6 is 0 Å². The molecule has 0 saturated heterocycles. The Hall–Kier alpha value is -3.23. The highest BCUT2D eigenvalue weighted by atomic mass is 19.4. The summed E-state index contributed by atoms with van der Waals surface area (Å²) in [6.07, 6.45) is 0.616. The van der Waals surface area contributed by atoms with Crippen LogP contribution in [0.1, 0.15) is 5.56 Å². The van der Waals surface area contributed by atoms with Crippen LogP contribution in [-0.2, 0) is 0 Å². The number of aliphatic imine (C=N–C) groups is 2. The Balaban J connectivity index is 2.44. The molecule has 0 amide bonds. The fourth-order valence-corrected chi connectivity index (χ4v) is 2.11. The molecule has 0 saturated carbocycles. The number of pyridine rings is 2. The summed E-state index contributed by atoms with van der Waals surface area (Å²) in [6.45, 7) is 1.87. The van der Waals surface area contributed by atoms with Gasteiger partial charge in [-0.2, -0.15) is 13.2 Å². The van der Waals surface area contributed by atoms with Gasteiger partial charge in [-0.3, -0.25) is 9.98 Å². The summed E-state index contributed by atoms with van der Waals surface area (Å²) in [7, 11) is 2.94.